The van der Waals surface area contributed by atoms with Gasteiger partial charge >= 0.3 is 5.97 Å². The number of esters is 1. The van der Waals surface area contributed by atoms with E-state index in [0.29, 0.717) is 23.7 Å². The lowest BCUT2D eigenvalue weighted by atomic mass is 9.45. The normalized spacial score (nSPS) is 51.7. The summed E-state index contributed by atoms with van der Waals surface area (Å²) in [5, 5.41) is 0. The summed E-state index contributed by atoms with van der Waals surface area (Å²) in [5.74, 6) is 3.03. The first-order valence-corrected chi connectivity index (χ1v) is 6.81. The van der Waals surface area contributed by atoms with E-state index in [1.165, 1.54) is 31.8 Å². The van der Waals surface area contributed by atoms with Crippen LogP contribution in [0.15, 0.2) is 12.2 Å². The molecule has 0 aromatic heterocycles. The molecule has 4 aliphatic rings. The Kier molecular flexibility index (Phi) is 2.24. The summed E-state index contributed by atoms with van der Waals surface area (Å²) in [6, 6.07) is 0. The summed E-state index contributed by atoms with van der Waals surface area (Å²) in [6.45, 7) is 10.3. The van der Waals surface area contributed by atoms with Gasteiger partial charge in [-0.2, -0.15) is 0 Å². The van der Waals surface area contributed by atoms with E-state index < -0.39 is 0 Å². The molecule has 2 nitrogen and oxygen atoms in total. The molecular weight excluding hydrogens is 212 g/mol. The molecule has 6 atom stereocenters. The predicted octanol–water partition coefficient (Wildman–Crippen LogP) is 3.18. The molecule has 0 saturated heterocycles. The summed E-state index contributed by atoms with van der Waals surface area (Å²) >= 11 is 0. The van der Waals surface area contributed by atoms with Gasteiger partial charge in [0.1, 0.15) is 5.60 Å². The molecule has 2 heteroatoms. The van der Waals surface area contributed by atoms with Gasteiger partial charge in [-0.15, -0.1) is 0 Å². The number of rotatable bonds is 1. The molecule has 6 unspecified atom stereocenters. The van der Waals surface area contributed by atoms with Crippen molar-refractivity contribution in [1.82, 2.24) is 0 Å². The summed E-state index contributed by atoms with van der Waals surface area (Å²) in [5.41, 5.74) is 1.07. The molecule has 94 valence electrons. The monoisotopic (exact) mass is 234 g/mol. The van der Waals surface area contributed by atoms with E-state index in [1.54, 1.807) is 0 Å². The topological polar surface area (TPSA) is 26.3 Å². The Hall–Kier alpha value is -0.790. The molecule has 4 aliphatic carbocycles. The van der Waals surface area contributed by atoms with Crippen molar-refractivity contribution >= 4 is 5.97 Å². The van der Waals surface area contributed by atoms with E-state index in [0.717, 1.165) is 5.92 Å². The Bertz CT molecular complexity index is 386. The quantitative estimate of drug-likeness (QED) is 0.514. The molecule has 0 aliphatic heterocycles. The predicted molar refractivity (Wildman–Crippen MR) is 66.3 cm³/mol. The molecule has 0 N–H and O–H groups in total. The second-order valence-corrected chi connectivity index (χ2v) is 6.53. The van der Waals surface area contributed by atoms with Crippen molar-refractivity contribution < 1.29 is 9.53 Å². The van der Waals surface area contributed by atoms with Crippen molar-refractivity contribution in [3.05, 3.63) is 12.2 Å². The molecule has 4 saturated carbocycles. The molecule has 4 rings (SSSR count). The zero-order chi connectivity index (χ0) is 12.4. The van der Waals surface area contributed by atoms with Crippen LogP contribution in [0.1, 0.15) is 40.0 Å². The van der Waals surface area contributed by atoms with Gasteiger partial charge in [0.2, 0.25) is 0 Å². The summed E-state index contributed by atoms with van der Waals surface area (Å²) in [7, 11) is 0. The van der Waals surface area contributed by atoms with Crippen LogP contribution in [0.2, 0.25) is 0 Å². The Morgan fingerprint density at radius 1 is 1.41 bits per heavy atom. The fraction of sp³-hybridized carbons (Fsp3) is 0.800. The first kappa shape index (κ1) is 11.3. The summed E-state index contributed by atoms with van der Waals surface area (Å²) < 4.78 is 5.76. The lowest BCUT2D eigenvalue weighted by Crippen LogP contribution is -2.61. The third-order valence-corrected chi connectivity index (χ3v) is 5.81. The Labute approximate surface area is 103 Å². The SMILES string of the molecule is C=C1C2CC3CC1C(C)(OC(C)=O)C(C2)C3C. The zero-order valence-corrected chi connectivity index (χ0v) is 11.0. The van der Waals surface area contributed by atoms with Gasteiger partial charge in [-0.05, 0) is 43.9 Å². The van der Waals surface area contributed by atoms with Crippen LogP contribution >= 0.6 is 0 Å². The van der Waals surface area contributed by atoms with E-state index in [4.69, 9.17) is 4.74 Å². The third-order valence-electron chi connectivity index (χ3n) is 5.81. The van der Waals surface area contributed by atoms with Gasteiger partial charge in [-0.3, -0.25) is 4.79 Å². The van der Waals surface area contributed by atoms with E-state index in [9.17, 15) is 4.79 Å². The minimum atomic E-state index is -0.282. The minimum absolute atomic E-state index is 0.139. The standard InChI is InChI=1S/C15H22O2/c1-8-11-5-12-7-13(8)15(4,17-10(3)16)14(6-11)9(12)2/h9,11-14H,1,5-7H2,2-4H3. The van der Waals surface area contributed by atoms with Crippen molar-refractivity contribution in [2.24, 2.45) is 29.6 Å². The zero-order valence-electron chi connectivity index (χ0n) is 11.0. The maximum absolute atomic E-state index is 11.4. The highest BCUT2D eigenvalue weighted by molar-refractivity contribution is 5.66. The van der Waals surface area contributed by atoms with Gasteiger partial charge < -0.3 is 4.74 Å². The second-order valence-electron chi connectivity index (χ2n) is 6.53. The van der Waals surface area contributed by atoms with Crippen LogP contribution < -0.4 is 0 Å². The Morgan fingerprint density at radius 2 is 2.12 bits per heavy atom. The molecule has 0 amide bonds. The highest BCUT2D eigenvalue weighted by Gasteiger charge is 2.61. The number of carbonyl (C=O) groups excluding carboxylic acids is 1. The van der Waals surface area contributed by atoms with Crippen LogP contribution in [0.5, 0.6) is 0 Å². The molecule has 0 aromatic rings. The van der Waals surface area contributed by atoms with Gasteiger partial charge in [0, 0.05) is 18.8 Å². The molecule has 0 spiro atoms. The van der Waals surface area contributed by atoms with Crippen molar-refractivity contribution in [1.29, 1.82) is 0 Å². The highest BCUT2D eigenvalue weighted by Crippen LogP contribution is 2.63. The van der Waals surface area contributed by atoms with Crippen LogP contribution in [0, 0.1) is 29.6 Å². The van der Waals surface area contributed by atoms with Gasteiger partial charge in [0.15, 0.2) is 0 Å². The highest BCUT2D eigenvalue weighted by atomic mass is 16.6. The molecular formula is C15H22O2. The van der Waals surface area contributed by atoms with E-state index in [1.807, 2.05) is 0 Å². The molecule has 0 aromatic carbocycles. The first-order valence-electron chi connectivity index (χ1n) is 6.81. The van der Waals surface area contributed by atoms with Gasteiger partial charge in [0.05, 0.1) is 0 Å². The summed E-state index contributed by atoms with van der Waals surface area (Å²) in [4.78, 5) is 11.4. The van der Waals surface area contributed by atoms with E-state index >= 15 is 0 Å². The van der Waals surface area contributed by atoms with Gasteiger partial charge in [0.25, 0.3) is 0 Å². The number of carbonyl (C=O) groups is 1. The van der Waals surface area contributed by atoms with E-state index in [-0.39, 0.29) is 11.6 Å². The largest absolute Gasteiger partial charge is 0.459 e. The molecule has 0 heterocycles. The van der Waals surface area contributed by atoms with Crippen molar-refractivity contribution in [3.8, 4) is 0 Å². The average Bonchev–Trinajstić information content (AvgIpc) is 2.22. The van der Waals surface area contributed by atoms with Crippen LogP contribution in [-0.2, 0) is 9.53 Å². The number of ether oxygens (including phenoxy) is 1. The Balaban J connectivity index is 1.99. The second kappa shape index (κ2) is 3.37. The maximum Gasteiger partial charge on any atom is 0.303 e. The average molecular weight is 234 g/mol. The molecule has 0 radical (unpaired) electrons. The summed E-state index contributed by atoms with van der Waals surface area (Å²) in [6.07, 6.45) is 3.68. The van der Waals surface area contributed by atoms with Gasteiger partial charge in [-0.1, -0.05) is 19.1 Å². The fourth-order valence-electron chi connectivity index (χ4n) is 4.95. The van der Waals surface area contributed by atoms with Crippen LogP contribution in [-0.4, -0.2) is 11.6 Å². The van der Waals surface area contributed by atoms with Crippen LogP contribution in [0.4, 0.5) is 0 Å². The maximum atomic E-state index is 11.4. The van der Waals surface area contributed by atoms with E-state index in [2.05, 4.69) is 20.4 Å². The van der Waals surface area contributed by atoms with Gasteiger partial charge in [-0.25, -0.2) is 0 Å². The smallest absolute Gasteiger partial charge is 0.303 e. The van der Waals surface area contributed by atoms with Crippen LogP contribution in [0.3, 0.4) is 0 Å². The number of hydrogen-bond acceptors (Lipinski definition) is 2. The lowest BCUT2D eigenvalue weighted by Gasteiger charge is -2.62. The molecule has 17 heavy (non-hydrogen) atoms. The lowest BCUT2D eigenvalue weighted by molar-refractivity contribution is -0.200. The molecule has 4 fully saturated rings. The minimum Gasteiger partial charge on any atom is -0.459 e. The fourth-order valence-corrected chi connectivity index (χ4v) is 4.95. The van der Waals surface area contributed by atoms with Crippen molar-refractivity contribution in [2.45, 2.75) is 45.6 Å². The van der Waals surface area contributed by atoms with Crippen molar-refractivity contribution in [3.63, 3.8) is 0 Å². The number of hydrogen-bond donors (Lipinski definition) is 0. The van der Waals surface area contributed by atoms with Crippen LogP contribution in [0.25, 0.3) is 0 Å². The first-order chi connectivity index (χ1) is 7.93. The molecule has 4 bridgehead atoms. The Morgan fingerprint density at radius 3 is 2.76 bits per heavy atom. The third kappa shape index (κ3) is 1.36. The van der Waals surface area contributed by atoms with Crippen molar-refractivity contribution in [2.75, 3.05) is 0 Å².